The number of nitrogens with zero attached hydrogens (tertiary/aromatic N) is 5. The van der Waals surface area contributed by atoms with E-state index in [-0.39, 0.29) is 22.6 Å². The molecule has 0 N–H and O–H groups in total. The van der Waals surface area contributed by atoms with Crippen molar-refractivity contribution in [3.8, 4) is 5.69 Å². The number of rotatable bonds is 5. The van der Waals surface area contributed by atoms with Crippen molar-refractivity contribution in [1.29, 1.82) is 0 Å². The molecule has 2 heterocycles. The van der Waals surface area contributed by atoms with Crippen LogP contribution in [0.4, 0.5) is 0 Å². The number of hydrogen-bond donors (Lipinski definition) is 0. The predicted molar refractivity (Wildman–Crippen MR) is 128 cm³/mol. The van der Waals surface area contributed by atoms with Gasteiger partial charge in [-0.15, -0.1) is 5.10 Å². The van der Waals surface area contributed by atoms with Gasteiger partial charge in [-0.05, 0) is 42.5 Å². The number of para-hydroxylation sites is 1. The quantitative estimate of drug-likeness (QED) is 0.219. The third kappa shape index (κ3) is 3.84. The van der Waals surface area contributed by atoms with Gasteiger partial charge >= 0.3 is 5.97 Å². The molecule has 0 saturated heterocycles. The molecule has 0 spiro atoms. The van der Waals surface area contributed by atoms with E-state index >= 15 is 0 Å². The number of thioether (sulfide) groups is 1. The maximum absolute atomic E-state index is 13.5. The Kier molecular flexibility index (Phi) is 5.64. The van der Waals surface area contributed by atoms with Gasteiger partial charge < -0.3 is 4.74 Å². The molecule has 0 aliphatic carbocycles. The molecule has 9 nitrogen and oxygen atoms in total. The summed E-state index contributed by atoms with van der Waals surface area (Å²) in [5.41, 5.74) is 1.17. The van der Waals surface area contributed by atoms with Gasteiger partial charge in [-0.1, -0.05) is 47.3 Å². The summed E-state index contributed by atoms with van der Waals surface area (Å²) in [6.07, 6.45) is 0. The Hall–Kier alpha value is -4.31. The number of hydrogen-bond acceptors (Lipinski definition) is 8. The first kappa shape index (κ1) is 21.5. The summed E-state index contributed by atoms with van der Waals surface area (Å²) in [5.74, 6) is -0.443. The molecule has 0 fully saturated rings. The van der Waals surface area contributed by atoms with E-state index in [1.807, 2.05) is 18.2 Å². The van der Waals surface area contributed by atoms with E-state index in [1.165, 1.54) is 28.5 Å². The van der Waals surface area contributed by atoms with E-state index in [2.05, 4.69) is 15.3 Å². The van der Waals surface area contributed by atoms with Crippen molar-refractivity contribution in [2.45, 2.75) is 11.0 Å². The molecular formula is C24H17N5O4S. The van der Waals surface area contributed by atoms with Crippen LogP contribution in [-0.4, -0.2) is 37.6 Å². The average molecular weight is 471 g/mol. The predicted octanol–water partition coefficient (Wildman–Crippen LogP) is 3.03. The number of ether oxygens (including phenoxy) is 1. The van der Waals surface area contributed by atoms with Crippen molar-refractivity contribution >= 4 is 39.5 Å². The van der Waals surface area contributed by atoms with Crippen LogP contribution in [0.25, 0.3) is 27.5 Å². The van der Waals surface area contributed by atoms with Crippen molar-refractivity contribution in [2.75, 3.05) is 7.11 Å². The zero-order valence-electron chi connectivity index (χ0n) is 17.9. The lowest BCUT2D eigenvalue weighted by Gasteiger charge is -2.14. The summed E-state index contributed by atoms with van der Waals surface area (Å²) in [6.45, 7) is 0. The summed E-state index contributed by atoms with van der Waals surface area (Å²) in [6, 6.07) is 20.7. The monoisotopic (exact) mass is 471 g/mol. The van der Waals surface area contributed by atoms with Gasteiger partial charge in [0.2, 0.25) is 0 Å². The largest absolute Gasteiger partial charge is 0.465 e. The third-order valence-corrected chi connectivity index (χ3v) is 6.13. The lowest BCUT2D eigenvalue weighted by atomic mass is 10.1. The highest BCUT2D eigenvalue weighted by atomic mass is 32.2. The fourth-order valence-electron chi connectivity index (χ4n) is 3.54. The van der Waals surface area contributed by atoms with Crippen LogP contribution in [0.2, 0.25) is 0 Å². The molecule has 0 amide bonds. The minimum absolute atomic E-state index is 0.0815. The minimum atomic E-state index is -0.525. The van der Waals surface area contributed by atoms with Crippen molar-refractivity contribution in [3.63, 3.8) is 0 Å². The molecule has 5 rings (SSSR count). The van der Waals surface area contributed by atoms with Gasteiger partial charge in [0.15, 0.2) is 5.16 Å². The molecule has 34 heavy (non-hydrogen) atoms. The second-order valence-corrected chi connectivity index (χ2v) is 8.19. The summed E-state index contributed by atoms with van der Waals surface area (Å²) < 4.78 is 7.49. The smallest absolute Gasteiger partial charge is 0.337 e. The molecule has 0 aliphatic heterocycles. The zero-order chi connectivity index (χ0) is 23.7. The molecule has 168 valence electrons. The molecule has 2 aromatic heterocycles. The summed E-state index contributed by atoms with van der Waals surface area (Å²) in [4.78, 5) is 42.9. The molecule has 0 aliphatic rings. The topological polar surface area (TPSA) is 109 Å². The second-order valence-electron chi connectivity index (χ2n) is 7.28. The van der Waals surface area contributed by atoms with Gasteiger partial charge in [0.25, 0.3) is 11.1 Å². The second kappa shape index (κ2) is 8.91. The highest BCUT2D eigenvalue weighted by Crippen LogP contribution is 2.23. The Bertz CT molecular complexity index is 1660. The van der Waals surface area contributed by atoms with E-state index in [1.54, 1.807) is 42.5 Å². The number of fused-ring (bicyclic) bond motifs is 2. The average Bonchev–Trinajstić information content (AvgIpc) is 2.88. The van der Waals surface area contributed by atoms with E-state index in [0.717, 1.165) is 11.8 Å². The van der Waals surface area contributed by atoms with E-state index < -0.39 is 5.97 Å². The lowest BCUT2D eigenvalue weighted by molar-refractivity contribution is 0.0601. The Balaban J connectivity index is 1.63. The third-order valence-electron chi connectivity index (χ3n) is 5.22. The number of benzene rings is 3. The molecule has 0 unspecified atom stereocenters. The van der Waals surface area contributed by atoms with Crippen LogP contribution >= 0.6 is 11.8 Å². The Morgan fingerprint density at radius 2 is 1.65 bits per heavy atom. The van der Waals surface area contributed by atoms with Gasteiger partial charge in [0.1, 0.15) is 5.52 Å². The summed E-state index contributed by atoms with van der Waals surface area (Å²) >= 11 is 1.16. The van der Waals surface area contributed by atoms with Crippen LogP contribution in [0.15, 0.2) is 87.5 Å². The maximum atomic E-state index is 13.5. The van der Waals surface area contributed by atoms with Crippen LogP contribution in [0.1, 0.15) is 10.4 Å². The fraction of sp³-hybridized carbons (Fsp3) is 0.0833. The van der Waals surface area contributed by atoms with Crippen LogP contribution in [-0.2, 0) is 10.6 Å². The lowest BCUT2D eigenvalue weighted by Crippen LogP contribution is -2.25. The van der Waals surface area contributed by atoms with Gasteiger partial charge in [0.05, 0.1) is 40.5 Å². The highest BCUT2D eigenvalue weighted by Gasteiger charge is 2.16. The van der Waals surface area contributed by atoms with Crippen molar-refractivity contribution < 1.29 is 9.53 Å². The van der Waals surface area contributed by atoms with Crippen molar-refractivity contribution in [2.24, 2.45) is 0 Å². The summed E-state index contributed by atoms with van der Waals surface area (Å²) in [7, 11) is 1.29. The SMILES string of the molecule is COC(=O)c1ccc2c(=O)n(-c3ccccc3)c(SCn3nnc4ccccc4c3=O)nc2c1. The molecule has 5 aromatic rings. The van der Waals surface area contributed by atoms with Crippen molar-refractivity contribution in [1.82, 2.24) is 24.5 Å². The summed E-state index contributed by atoms with van der Waals surface area (Å²) in [5, 5.41) is 9.26. The van der Waals surface area contributed by atoms with Crippen LogP contribution in [0.5, 0.6) is 0 Å². The van der Waals surface area contributed by atoms with Gasteiger partial charge in [-0.2, -0.15) is 4.68 Å². The zero-order valence-corrected chi connectivity index (χ0v) is 18.7. The minimum Gasteiger partial charge on any atom is -0.465 e. The Labute approximate surface area is 196 Å². The highest BCUT2D eigenvalue weighted by molar-refractivity contribution is 7.98. The van der Waals surface area contributed by atoms with Gasteiger partial charge in [-0.25, -0.2) is 9.78 Å². The number of esters is 1. The number of aromatic nitrogens is 5. The van der Waals surface area contributed by atoms with E-state index in [4.69, 9.17) is 4.74 Å². The molecule has 0 saturated carbocycles. The van der Waals surface area contributed by atoms with Crippen LogP contribution in [0, 0.1) is 0 Å². The molecule has 0 bridgehead atoms. The van der Waals surface area contributed by atoms with Crippen LogP contribution < -0.4 is 11.1 Å². The number of carbonyl (C=O) groups is 1. The Morgan fingerprint density at radius 1 is 0.912 bits per heavy atom. The van der Waals surface area contributed by atoms with E-state index in [0.29, 0.717) is 32.6 Å². The first-order chi connectivity index (χ1) is 16.6. The number of methoxy groups -OCH3 is 1. The Morgan fingerprint density at radius 3 is 2.44 bits per heavy atom. The molecule has 3 aromatic carbocycles. The van der Waals surface area contributed by atoms with Crippen LogP contribution in [0.3, 0.4) is 0 Å². The molecule has 10 heteroatoms. The standard InChI is InChI=1S/C24H17N5O4S/c1-33-23(32)15-11-12-18-20(13-15)25-24(29(22(18)31)16-7-3-2-4-8-16)34-14-28-21(30)17-9-5-6-10-19(17)26-27-28/h2-13H,14H2,1H3. The molecular weight excluding hydrogens is 454 g/mol. The fourth-order valence-corrected chi connectivity index (χ4v) is 4.43. The first-order valence-corrected chi connectivity index (χ1v) is 11.2. The van der Waals surface area contributed by atoms with Crippen molar-refractivity contribution in [3.05, 3.63) is 99.1 Å². The maximum Gasteiger partial charge on any atom is 0.337 e. The van der Waals surface area contributed by atoms with Gasteiger partial charge in [0, 0.05) is 0 Å². The van der Waals surface area contributed by atoms with E-state index in [9.17, 15) is 14.4 Å². The normalized spacial score (nSPS) is 11.1. The van der Waals surface area contributed by atoms with Gasteiger partial charge in [-0.3, -0.25) is 14.2 Å². The first-order valence-electron chi connectivity index (χ1n) is 10.2. The number of carbonyl (C=O) groups excluding carboxylic acids is 1. The molecule has 0 atom stereocenters. The molecule has 0 radical (unpaired) electrons.